The van der Waals surface area contributed by atoms with Crippen LogP contribution in [-0.2, 0) is 32.5 Å². The standard InChI is InChI=1S/C55H109N3O7P/c1-13-18-20-22-24-26-28-30-32-34-36-38-42-57(43-39-37-35-33-31-29-27-25-23-21-19-14-2)51(59)40-41-54(7,49-56)53(6,17-5)48-55(8,50(15-3)16-4)52(60)63-46-47-65-66(61,62-12)64-45-44-58(9,10)11/h50H,13-48H2,1-12H3/q+1. The van der Waals surface area contributed by atoms with Crippen molar-refractivity contribution in [3.8, 4) is 6.07 Å². The van der Waals surface area contributed by atoms with Crippen molar-refractivity contribution in [1.82, 2.24) is 4.90 Å². The Morgan fingerprint density at radius 2 is 1.05 bits per heavy atom. The Morgan fingerprint density at radius 1 is 0.636 bits per heavy atom. The summed E-state index contributed by atoms with van der Waals surface area (Å²) in [5, 5.41) is 11.0. The molecule has 0 aromatic carbocycles. The van der Waals surface area contributed by atoms with Gasteiger partial charge in [-0.15, -0.1) is 0 Å². The second kappa shape index (κ2) is 37.3. The van der Waals surface area contributed by atoms with Crippen LogP contribution in [0.25, 0.3) is 0 Å². The SMILES string of the molecule is CCCCCCCCCCCCCCN(CCCCCCCCCCCCCC)C(=O)CCC(C)(C#N)C(C)(CC)CC(C)(C(=O)OCCOP(=O)(OC)OCC[N+](C)(C)C)C(CC)CC. The van der Waals surface area contributed by atoms with Crippen LogP contribution < -0.4 is 0 Å². The van der Waals surface area contributed by atoms with Gasteiger partial charge in [0.1, 0.15) is 19.8 Å². The highest BCUT2D eigenvalue weighted by atomic mass is 31.2. The number of hydrogen-bond donors (Lipinski definition) is 0. The number of nitriles is 1. The van der Waals surface area contributed by atoms with Crippen molar-refractivity contribution in [3.63, 3.8) is 0 Å². The van der Waals surface area contributed by atoms with Crippen LogP contribution in [0.3, 0.4) is 0 Å². The minimum atomic E-state index is -3.81. The molecular formula is C55H109N3O7P+. The highest BCUT2D eigenvalue weighted by Crippen LogP contribution is 2.55. The zero-order chi connectivity index (χ0) is 49.8. The van der Waals surface area contributed by atoms with Crippen molar-refractivity contribution in [2.24, 2.45) is 22.2 Å². The number of likely N-dealkylation sites (N-methyl/N-ethyl adjacent to an activating group) is 1. The van der Waals surface area contributed by atoms with Gasteiger partial charge in [-0.25, -0.2) is 4.57 Å². The Labute approximate surface area is 409 Å². The molecule has 0 spiro atoms. The van der Waals surface area contributed by atoms with Crippen molar-refractivity contribution >= 4 is 19.7 Å². The summed E-state index contributed by atoms with van der Waals surface area (Å²) < 4.78 is 35.7. The van der Waals surface area contributed by atoms with E-state index in [-0.39, 0.29) is 37.6 Å². The monoisotopic (exact) mass is 955 g/mol. The molecule has 0 heterocycles. The van der Waals surface area contributed by atoms with Crippen LogP contribution in [0.2, 0.25) is 0 Å². The van der Waals surface area contributed by atoms with E-state index in [0.717, 1.165) is 51.6 Å². The average molecular weight is 955 g/mol. The van der Waals surface area contributed by atoms with Gasteiger partial charge >= 0.3 is 13.8 Å². The number of hydrogen-bond acceptors (Lipinski definition) is 8. The normalized spacial score (nSPS) is 15.7. The Bertz CT molecular complexity index is 1290. The highest BCUT2D eigenvalue weighted by molar-refractivity contribution is 7.48. The smallest absolute Gasteiger partial charge is 0.463 e. The predicted octanol–water partition coefficient (Wildman–Crippen LogP) is 15.8. The van der Waals surface area contributed by atoms with Crippen LogP contribution >= 0.6 is 7.82 Å². The molecule has 0 saturated carbocycles. The maximum atomic E-state index is 14.2. The summed E-state index contributed by atoms with van der Waals surface area (Å²) in [6.45, 7) is 19.1. The summed E-state index contributed by atoms with van der Waals surface area (Å²) in [5.41, 5.74) is -2.35. The van der Waals surface area contributed by atoms with E-state index in [4.69, 9.17) is 18.3 Å². The Kier molecular flexibility index (Phi) is 36.5. The first-order valence-corrected chi connectivity index (χ1v) is 29.0. The fourth-order valence-electron chi connectivity index (χ4n) is 9.77. The maximum absolute atomic E-state index is 14.2. The quantitative estimate of drug-likeness (QED) is 0.0256. The minimum Gasteiger partial charge on any atom is -0.463 e. The van der Waals surface area contributed by atoms with E-state index in [2.05, 4.69) is 52.5 Å². The van der Waals surface area contributed by atoms with E-state index in [0.29, 0.717) is 36.7 Å². The van der Waals surface area contributed by atoms with Crippen molar-refractivity contribution in [2.75, 3.05) is 67.7 Å². The molecule has 11 heteroatoms. The summed E-state index contributed by atoms with van der Waals surface area (Å²) >= 11 is 0. The molecule has 0 rings (SSSR count). The summed E-state index contributed by atoms with van der Waals surface area (Å²) in [6, 6.07) is 2.69. The van der Waals surface area contributed by atoms with Crippen LogP contribution in [0.15, 0.2) is 0 Å². The van der Waals surface area contributed by atoms with E-state index in [1.807, 2.05) is 35.0 Å². The molecular weight excluding hydrogens is 846 g/mol. The molecule has 66 heavy (non-hydrogen) atoms. The number of rotatable bonds is 46. The van der Waals surface area contributed by atoms with Gasteiger partial charge in [-0.05, 0) is 57.3 Å². The first kappa shape index (κ1) is 64.5. The number of esters is 1. The number of phosphoric acid groups is 1. The number of phosphoric ester groups is 1. The van der Waals surface area contributed by atoms with Crippen LogP contribution in [0, 0.1) is 33.5 Å². The van der Waals surface area contributed by atoms with E-state index in [1.165, 1.54) is 136 Å². The summed E-state index contributed by atoms with van der Waals surface area (Å²) in [6.07, 6.45) is 34.3. The largest absolute Gasteiger partial charge is 0.474 e. The van der Waals surface area contributed by atoms with Gasteiger partial charge in [0.25, 0.3) is 0 Å². The van der Waals surface area contributed by atoms with Crippen LogP contribution in [0.5, 0.6) is 0 Å². The summed E-state index contributed by atoms with van der Waals surface area (Å²) in [5.74, 6) is -0.199. The van der Waals surface area contributed by atoms with Gasteiger partial charge in [-0.1, -0.05) is 196 Å². The van der Waals surface area contributed by atoms with Crippen LogP contribution in [0.1, 0.15) is 248 Å². The molecule has 4 unspecified atom stereocenters. The molecule has 0 aliphatic carbocycles. The molecule has 0 saturated heterocycles. The van der Waals surface area contributed by atoms with E-state index in [9.17, 15) is 19.4 Å². The number of nitrogens with zero attached hydrogens (tertiary/aromatic N) is 3. The lowest BCUT2D eigenvalue weighted by Gasteiger charge is -2.48. The van der Waals surface area contributed by atoms with Crippen LogP contribution in [0.4, 0.5) is 0 Å². The summed E-state index contributed by atoms with van der Waals surface area (Å²) in [4.78, 5) is 30.5. The number of ether oxygens (including phenoxy) is 1. The number of unbranched alkanes of at least 4 members (excludes halogenated alkanes) is 22. The molecule has 0 N–H and O–H groups in total. The third-order valence-corrected chi connectivity index (χ3v) is 16.5. The number of amides is 1. The van der Waals surface area contributed by atoms with Gasteiger partial charge < -0.3 is 14.1 Å². The molecule has 0 aliphatic heterocycles. The lowest BCUT2D eigenvalue weighted by atomic mass is 9.54. The third kappa shape index (κ3) is 27.6. The average Bonchev–Trinajstić information content (AvgIpc) is 3.29. The molecule has 390 valence electrons. The molecule has 0 bridgehead atoms. The molecule has 4 atom stereocenters. The molecule has 0 aliphatic rings. The second-order valence-electron chi connectivity index (χ2n) is 21.6. The van der Waals surface area contributed by atoms with Crippen molar-refractivity contribution in [1.29, 1.82) is 5.26 Å². The van der Waals surface area contributed by atoms with Gasteiger partial charge in [-0.2, -0.15) is 5.26 Å². The molecule has 0 aromatic rings. The lowest BCUT2D eigenvalue weighted by Crippen LogP contribution is -2.47. The molecule has 0 fully saturated rings. The lowest BCUT2D eigenvalue weighted by molar-refractivity contribution is -0.870. The maximum Gasteiger partial charge on any atom is 0.474 e. The van der Waals surface area contributed by atoms with Gasteiger partial charge in [0.15, 0.2) is 0 Å². The van der Waals surface area contributed by atoms with Crippen molar-refractivity contribution in [2.45, 2.75) is 248 Å². The Balaban J connectivity index is 5.72. The fraction of sp³-hybridized carbons (Fsp3) is 0.945. The number of carbonyl (C=O) groups is 2. The van der Waals surface area contributed by atoms with Crippen molar-refractivity contribution in [3.05, 3.63) is 0 Å². The number of quaternary nitrogens is 1. The Morgan fingerprint density at radius 3 is 1.41 bits per heavy atom. The van der Waals surface area contributed by atoms with E-state index in [1.54, 1.807) is 0 Å². The first-order chi connectivity index (χ1) is 31.4. The van der Waals surface area contributed by atoms with Gasteiger partial charge in [0.05, 0.1) is 44.6 Å². The molecule has 0 aromatic heterocycles. The van der Waals surface area contributed by atoms with E-state index < -0.39 is 24.1 Å². The number of carbonyl (C=O) groups excluding carboxylic acids is 2. The topological polar surface area (TPSA) is 115 Å². The highest BCUT2D eigenvalue weighted by Gasteiger charge is 2.52. The summed E-state index contributed by atoms with van der Waals surface area (Å²) in [7, 11) is 3.50. The zero-order valence-corrected chi connectivity index (χ0v) is 46.6. The second-order valence-corrected chi connectivity index (χ2v) is 23.3. The first-order valence-electron chi connectivity index (χ1n) is 27.5. The Hall–Kier alpha value is -1.50. The minimum absolute atomic E-state index is 0.00638. The van der Waals surface area contributed by atoms with Crippen LogP contribution in [-0.4, -0.2) is 89.0 Å². The third-order valence-electron chi connectivity index (χ3n) is 15.0. The molecule has 1 amide bonds. The zero-order valence-electron chi connectivity index (χ0n) is 45.7. The fourth-order valence-corrected chi connectivity index (χ4v) is 10.7. The van der Waals surface area contributed by atoms with Gasteiger partial charge in [-0.3, -0.25) is 23.2 Å². The van der Waals surface area contributed by atoms with Crippen molar-refractivity contribution < 1.29 is 36.9 Å². The van der Waals surface area contributed by atoms with Gasteiger partial charge in [0, 0.05) is 26.6 Å². The molecule has 0 radical (unpaired) electrons. The molecule has 10 nitrogen and oxygen atoms in total. The van der Waals surface area contributed by atoms with Gasteiger partial charge in [0.2, 0.25) is 5.91 Å². The van der Waals surface area contributed by atoms with E-state index >= 15 is 0 Å². The predicted molar refractivity (Wildman–Crippen MR) is 277 cm³/mol.